The quantitative estimate of drug-likeness (QED) is 0.774. The van der Waals surface area contributed by atoms with Gasteiger partial charge < -0.3 is 5.32 Å². The van der Waals surface area contributed by atoms with Gasteiger partial charge in [0.05, 0.1) is 7.57 Å². The Bertz CT molecular complexity index is 510. The lowest BCUT2D eigenvalue weighted by Gasteiger charge is -2.10. The molecule has 0 spiro atoms. The van der Waals surface area contributed by atoms with Gasteiger partial charge >= 0.3 is 0 Å². The summed E-state index contributed by atoms with van der Waals surface area (Å²) in [6, 6.07) is 2.07. The van der Waals surface area contributed by atoms with Crippen LogP contribution in [-0.2, 0) is 10.0 Å². The minimum atomic E-state index is -3.41. The first-order valence-electron chi connectivity index (χ1n) is 5.67. The summed E-state index contributed by atoms with van der Waals surface area (Å²) in [5.41, 5.74) is 0. The van der Waals surface area contributed by atoms with Gasteiger partial charge in [0.2, 0.25) is 10.0 Å². The Kier molecular flexibility index (Phi) is 5.24. The van der Waals surface area contributed by atoms with E-state index in [1.165, 1.54) is 17.8 Å². The van der Waals surface area contributed by atoms with Gasteiger partial charge in [-0.15, -0.1) is 11.3 Å². The highest BCUT2D eigenvalue weighted by Crippen LogP contribution is 2.34. The Balaban J connectivity index is 1.93. The monoisotopic (exact) mass is 416 g/mol. The van der Waals surface area contributed by atoms with Gasteiger partial charge in [0.1, 0.15) is 4.90 Å². The van der Waals surface area contributed by atoms with Crippen LogP contribution in [0.2, 0.25) is 0 Å². The Morgan fingerprint density at radius 2 is 2.28 bits per heavy atom. The molecule has 0 aliphatic carbocycles. The largest absolute Gasteiger partial charge is 0.314 e. The molecular formula is C10H14Br2N2O2S2. The maximum absolute atomic E-state index is 12.1. The molecule has 0 amide bonds. The zero-order valence-corrected chi connectivity index (χ0v) is 14.4. The van der Waals surface area contributed by atoms with Crippen LogP contribution in [-0.4, -0.2) is 27.5 Å². The van der Waals surface area contributed by atoms with Crippen LogP contribution in [0.3, 0.4) is 0 Å². The molecule has 1 aromatic rings. The molecule has 18 heavy (non-hydrogen) atoms. The molecule has 0 aromatic carbocycles. The number of thiophene rings is 1. The first kappa shape index (κ1) is 14.9. The molecule has 1 saturated heterocycles. The third-order valence-electron chi connectivity index (χ3n) is 2.86. The normalized spacial score (nSPS) is 20.4. The second-order valence-corrected chi connectivity index (χ2v) is 9.65. The number of nitrogens with one attached hydrogen (secondary N) is 2. The predicted octanol–water partition coefficient (Wildman–Crippen LogP) is 2.69. The van der Waals surface area contributed by atoms with Crippen LogP contribution in [0.25, 0.3) is 0 Å². The van der Waals surface area contributed by atoms with Crippen LogP contribution in [0.1, 0.15) is 19.3 Å². The molecule has 0 radical (unpaired) electrons. The summed E-state index contributed by atoms with van der Waals surface area (Å²) in [5, 5.41) is 3.35. The molecule has 1 atom stereocenters. The molecule has 102 valence electrons. The van der Waals surface area contributed by atoms with Crippen molar-refractivity contribution in [1.29, 1.82) is 0 Å². The van der Waals surface area contributed by atoms with E-state index in [4.69, 9.17) is 0 Å². The van der Waals surface area contributed by atoms with Crippen LogP contribution in [0.4, 0.5) is 0 Å². The lowest BCUT2D eigenvalue weighted by molar-refractivity contribution is 0.539. The fourth-order valence-corrected chi connectivity index (χ4v) is 6.81. The molecule has 0 saturated carbocycles. The van der Waals surface area contributed by atoms with Gasteiger partial charge in [-0.2, -0.15) is 0 Å². The van der Waals surface area contributed by atoms with E-state index in [0.29, 0.717) is 21.3 Å². The summed E-state index contributed by atoms with van der Waals surface area (Å²) >= 11 is 7.91. The minimum absolute atomic E-state index is 0.304. The van der Waals surface area contributed by atoms with Gasteiger partial charge in [0.25, 0.3) is 0 Å². The van der Waals surface area contributed by atoms with Gasteiger partial charge in [0, 0.05) is 12.6 Å². The Hall–Kier alpha value is 0.530. The Morgan fingerprint density at radius 3 is 2.83 bits per heavy atom. The zero-order valence-electron chi connectivity index (χ0n) is 9.58. The van der Waals surface area contributed by atoms with Crippen molar-refractivity contribution < 1.29 is 8.42 Å². The average Bonchev–Trinajstić information content (AvgIpc) is 2.88. The van der Waals surface area contributed by atoms with Crippen molar-refractivity contribution in [2.75, 3.05) is 13.1 Å². The van der Waals surface area contributed by atoms with Gasteiger partial charge in [-0.25, -0.2) is 13.1 Å². The molecule has 1 aliphatic heterocycles. The SMILES string of the molecule is O=S(=O)(NCCC1CCCN1)c1cc(Br)sc1Br. The fraction of sp³-hybridized carbons (Fsp3) is 0.600. The molecular weight excluding hydrogens is 404 g/mol. The van der Waals surface area contributed by atoms with Crippen molar-refractivity contribution in [3.8, 4) is 0 Å². The summed E-state index contributed by atoms with van der Waals surface area (Å²) in [6.45, 7) is 1.51. The number of sulfonamides is 1. The highest BCUT2D eigenvalue weighted by molar-refractivity contribution is 9.12. The summed E-state index contributed by atoms with van der Waals surface area (Å²) in [6.07, 6.45) is 3.15. The van der Waals surface area contributed by atoms with E-state index in [-0.39, 0.29) is 0 Å². The molecule has 2 rings (SSSR count). The zero-order chi connectivity index (χ0) is 13.2. The third kappa shape index (κ3) is 3.77. The van der Waals surface area contributed by atoms with Gasteiger partial charge in [-0.1, -0.05) is 0 Å². The standard InChI is InChI=1S/C10H14Br2N2O2S2/c11-9-6-8(10(12)17-9)18(15,16)14-5-3-7-2-1-4-13-7/h6-7,13-14H,1-5H2. The van der Waals surface area contributed by atoms with Crippen LogP contribution >= 0.6 is 43.2 Å². The number of hydrogen-bond acceptors (Lipinski definition) is 4. The van der Waals surface area contributed by atoms with Crippen LogP contribution < -0.4 is 10.0 Å². The molecule has 4 nitrogen and oxygen atoms in total. The van der Waals surface area contributed by atoms with Crippen LogP contribution in [0.15, 0.2) is 18.5 Å². The molecule has 1 aromatic heterocycles. The van der Waals surface area contributed by atoms with Crippen LogP contribution in [0, 0.1) is 0 Å². The number of rotatable bonds is 5. The first-order valence-corrected chi connectivity index (χ1v) is 9.55. The van der Waals surface area contributed by atoms with Crippen molar-refractivity contribution in [3.05, 3.63) is 13.6 Å². The lowest BCUT2D eigenvalue weighted by Crippen LogP contribution is -2.30. The third-order valence-corrected chi connectivity index (χ3v) is 7.08. The molecule has 8 heteroatoms. The predicted molar refractivity (Wildman–Crippen MR) is 80.5 cm³/mol. The Morgan fingerprint density at radius 1 is 1.50 bits per heavy atom. The van der Waals surface area contributed by atoms with Crippen LogP contribution in [0.5, 0.6) is 0 Å². The van der Waals surface area contributed by atoms with E-state index in [1.807, 2.05) is 0 Å². The van der Waals surface area contributed by atoms with Crippen molar-refractivity contribution in [3.63, 3.8) is 0 Å². The maximum Gasteiger partial charge on any atom is 0.242 e. The van der Waals surface area contributed by atoms with Crippen molar-refractivity contribution >= 4 is 53.2 Å². The van der Waals surface area contributed by atoms with E-state index >= 15 is 0 Å². The summed E-state index contributed by atoms with van der Waals surface area (Å²) in [5.74, 6) is 0. The highest BCUT2D eigenvalue weighted by Gasteiger charge is 2.21. The summed E-state index contributed by atoms with van der Waals surface area (Å²) in [7, 11) is -3.41. The molecule has 2 heterocycles. The smallest absolute Gasteiger partial charge is 0.242 e. The topological polar surface area (TPSA) is 58.2 Å². The molecule has 0 bridgehead atoms. The summed E-state index contributed by atoms with van der Waals surface area (Å²) < 4.78 is 28.2. The average molecular weight is 418 g/mol. The fourth-order valence-electron chi connectivity index (χ4n) is 1.96. The number of hydrogen-bond donors (Lipinski definition) is 2. The van der Waals surface area contributed by atoms with Crippen molar-refractivity contribution in [2.24, 2.45) is 0 Å². The van der Waals surface area contributed by atoms with Gasteiger partial charge in [-0.05, 0) is 63.7 Å². The van der Waals surface area contributed by atoms with E-state index in [0.717, 1.165) is 23.2 Å². The van der Waals surface area contributed by atoms with E-state index < -0.39 is 10.0 Å². The van der Waals surface area contributed by atoms with E-state index in [9.17, 15) is 8.42 Å². The van der Waals surface area contributed by atoms with E-state index in [2.05, 4.69) is 41.9 Å². The molecule has 1 fully saturated rings. The van der Waals surface area contributed by atoms with Crippen molar-refractivity contribution in [1.82, 2.24) is 10.0 Å². The lowest BCUT2D eigenvalue weighted by atomic mass is 10.2. The van der Waals surface area contributed by atoms with E-state index in [1.54, 1.807) is 6.07 Å². The summed E-state index contributed by atoms with van der Waals surface area (Å²) in [4.78, 5) is 0.304. The van der Waals surface area contributed by atoms with Gasteiger partial charge in [0.15, 0.2) is 0 Å². The Labute approximate surface area is 128 Å². The number of halogens is 2. The first-order chi connectivity index (χ1) is 8.49. The maximum atomic E-state index is 12.1. The van der Waals surface area contributed by atoms with Gasteiger partial charge in [-0.3, -0.25) is 0 Å². The highest BCUT2D eigenvalue weighted by atomic mass is 79.9. The molecule has 2 N–H and O–H groups in total. The second-order valence-electron chi connectivity index (χ2n) is 4.17. The molecule has 1 aliphatic rings. The second kappa shape index (κ2) is 6.32. The minimum Gasteiger partial charge on any atom is -0.314 e. The van der Waals surface area contributed by atoms with Crippen molar-refractivity contribution in [2.45, 2.75) is 30.2 Å². The molecule has 1 unspecified atom stereocenters.